The monoisotopic (exact) mass is 262 g/mol. The summed E-state index contributed by atoms with van der Waals surface area (Å²) in [6, 6.07) is 0. The fourth-order valence-corrected chi connectivity index (χ4v) is 2.57. The van der Waals surface area contributed by atoms with Crippen LogP contribution in [0.2, 0.25) is 0 Å². The third kappa shape index (κ3) is 3.50. The highest BCUT2D eigenvalue weighted by Gasteiger charge is 2.22. The van der Waals surface area contributed by atoms with Crippen molar-refractivity contribution in [3.8, 4) is 0 Å². The second-order valence-electron chi connectivity index (χ2n) is 3.43. The molecule has 8 heteroatoms. The Morgan fingerprint density at radius 2 is 2.24 bits per heavy atom. The zero-order chi connectivity index (χ0) is 12.9. The number of nitrogens with one attached hydrogen (secondary N) is 2. The first-order valence-electron chi connectivity index (χ1n) is 5.34. The van der Waals surface area contributed by atoms with E-state index >= 15 is 0 Å². The first kappa shape index (κ1) is 14.1. The molecule has 0 saturated heterocycles. The molecule has 98 valence electrons. The number of nitrogens with zero attached hydrogens (tertiary/aromatic N) is 1. The zero-order valence-corrected chi connectivity index (χ0v) is 10.8. The van der Waals surface area contributed by atoms with E-state index < -0.39 is 10.0 Å². The number of sulfonamides is 1. The summed E-state index contributed by atoms with van der Waals surface area (Å²) >= 11 is 0. The molecule has 7 nitrogen and oxygen atoms in total. The van der Waals surface area contributed by atoms with E-state index in [2.05, 4.69) is 14.9 Å². The first-order valence-corrected chi connectivity index (χ1v) is 6.82. The minimum absolute atomic E-state index is 0.0333. The van der Waals surface area contributed by atoms with Gasteiger partial charge in [0.15, 0.2) is 5.03 Å². The van der Waals surface area contributed by atoms with Gasteiger partial charge in [-0.25, -0.2) is 13.1 Å². The smallest absolute Gasteiger partial charge is 0.260 e. The van der Waals surface area contributed by atoms with Gasteiger partial charge in [-0.3, -0.25) is 5.10 Å². The molecule has 0 bridgehead atoms. The summed E-state index contributed by atoms with van der Waals surface area (Å²) in [7, 11) is -3.62. The summed E-state index contributed by atoms with van der Waals surface area (Å²) < 4.78 is 31.2. The molecule has 0 atom stereocenters. The highest BCUT2D eigenvalue weighted by molar-refractivity contribution is 7.89. The number of aromatic nitrogens is 2. The molecule has 0 saturated carbocycles. The van der Waals surface area contributed by atoms with E-state index in [4.69, 9.17) is 10.5 Å². The largest absolute Gasteiger partial charge is 0.380 e. The Labute approximate surface area is 101 Å². The third-order valence-electron chi connectivity index (χ3n) is 2.24. The van der Waals surface area contributed by atoms with E-state index in [1.165, 1.54) is 0 Å². The number of hydrogen-bond donors (Lipinski definition) is 3. The molecule has 0 radical (unpaired) electrons. The van der Waals surface area contributed by atoms with Crippen molar-refractivity contribution in [2.45, 2.75) is 25.4 Å². The fourth-order valence-electron chi connectivity index (χ4n) is 1.35. The Morgan fingerprint density at radius 3 is 2.82 bits per heavy atom. The first-order chi connectivity index (χ1) is 8.03. The van der Waals surface area contributed by atoms with E-state index in [1.54, 1.807) is 6.92 Å². The van der Waals surface area contributed by atoms with Gasteiger partial charge in [0.2, 0.25) is 0 Å². The van der Waals surface area contributed by atoms with Crippen molar-refractivity contribution in [1.82, 2.24) is 14.9 Å². The fraction of sp³-hybridized carbons (Fsp3) is 0.667. The van der Waals surface area contributed by atoms with Gasteiger partial charge in [0.25, 0.3) is 10.0 Å². The van der Waals surface area contributed by atoms with E-state index in [0.29, 0.717) is 24.5 Å². The molecule has 1 aromatic heterocycles. The SMILES string of the molecule is CCOCCNS(=O)(=O)c1n[nH]c(C)c1CN. The Bertz CT molecular complexity index is 455. The van der Waals surface area contributed by atoms with Crippen molar-refractivity contribution >= 4 is 10.0 Å². The van der Waals surface area contributed by atoms with Crippen LogP contribution in [0.5, 0.6) is 0 Å². The maximum absolute atomic E-state index is 11.9. The third-order valence-corrected chi connectivity index (χ3v) is 3.67. The van der Waals surface area contributed by atoms with Gasteiger partial charge in [0.1, 0.15) is 0 Å². The predicted molar refractivity (Wildman–Crippen MR) is 62.9 cm³/mol. The van der Waals surface area contributed by atoms with Gasteiger partial charge in [-0.15, -0.1) is 0 Å². The van der Waals surface area contributed by atoms with Crippen LogP contribution in [0.4, 0.5) is 0 Å². The lowest BCUT2D eigenvalue weighted by molar-refractivity contribution is 0.153. The van der Waals surface area contributed by atoms with E-state index in [1.807, 2.05) is 6.92 Å². The molecule has 0 fully saturated rings. The van der Waals surface area contributed by atoms with E-state index in [-0.39, 0.29) is 18.1 Å². The van der Waals surface area contributed by atoms with Gasteiger partial charge in [-0.05, 0) is 13.8 Å². The molecule has 0 spiro atoms. The maximum atomic E-state index is 11.9. The number of aryl methyl sites for hydroxylation is 1. The van der Waals surface area contributed by atoms with Gasteiger partial charge in [0, 0.05) is 31.0 Å². The maximum Gasteiger partial charge on any atom is 0.260 e. The number of H-pyrrole nitrogens is 1. The lowest BCUT2D eigenvalue weighted by atomic mass is 10.3. The van der Waals surface area contributed by atoms with E-state index in [9.17, 15) is 8.42 Å². The van der Waals surface area contributed by atoms with Crippen molar-refractivity contribution in [2.24, 2.45) is 5.73 Å². The zero-order valence-electron chi connectivity index (χ0n) is 9.99. The molecule has 1 heterocycles. The molecule has 0 unspecified atom stereocenters. The normalized spacial score (nSPS) is 11.9. The number of hydrogen-bond acceptors (Lipinski definition) is 5. The van der Waals surface area contributed by atoms with Crippen LogP contribution in [0.15, 0.2) is 5.03 Å². The van der Waals surface area contributed by atoms with Crippen molar-refractivity contribution in [3.05, 3.63) is 11.3 Å². The van der Waals surface area contributed by atoms with Crippen molar-refractivity contribution in [3.63, 3.8) is 0 Å². The molecule has 1 aromatic rings. The second kappa shape index (κ2) is 6.10. The van der Waals surface area contributed by atoms with Crippen LogP contribution in [-0.2, 0) is 21.3 Å². The van der Waals surface area contributed by atoms with Crippen molar-refractivity contribution in [1.29, 1.82) is 0 Å². The average Bonchev–Trinajstić information content (AvgIpc) is 2.66. The Balaban J connectivity index is 2.75. The molecule has 0 amide bonds. The van der Waals surface area contributed by atoms with E-state index in [0.717, 1.165) is 0 Å². The quantitative estimate of drug-likeness (QED) is 0.573. The van der Waals surface area contributed by atoms with Gasteiger partial charge in [-0.1, -0.05) is 0 Å². The average molecular weight is 262 g/mol. The molecular weight excluding hydrogens is 244 g/mol. The molecule has 1 rings (SSSR count). The van der Waals surface area contributed by atoms with Crippen LogP contribution in [0, 0.1) is 6.92 Å². The van der Waals surface area contributed by atoms with Gasteiger partial charge >= 0.3 is 0 Å². The molecular formula is C9H18N4O3S. The lowest BCUT2D eigenvalue weighted by Gasteiger charge is -2.05. The molecule has 0 aliphatic heterocycles. The minimum Gasteiger partial charge on any atom is -0.380 e. The topological polar surface area (TPSA) is 110 Å². The van der Waals surface area contributed by atoms with Gasteiger partial charge < -0.3 is 10.5 Å². The Morgan fingerprint density at radius 1 is 1.53 bits per heavy atom. The summed E-state index contributed by atoms with van der Waals surface area (Å²) in [6.07, 6.45) is 0. The second-order valence-corrected chi connectivity index (χ2v) is 5.11. The summed E-state index contributed by atoms with van der Waals surface area (Å²) in [4.78, 5) is 0. The van der Waals surface area contributed by atoms with Crippen LogP contribution in [0.1, 0.15) is 18.2 Å². The summed E-state index contributed by atoms with van der Waals surface area (Å²) in [6.45, 7) is 4.80. The molecule has 0 aliphatic rings. The lowest BCUT2D eigenvalue weighted by Crippen LogP contribution is -2.28. The van der Waals surface area contributed by atoms with Crippen LogP contribution in [0.3, 0.4) is 0 Å². The number of ether oxygens (including phenoxy) is 1. The Kier molecular flexibility index (Phi) is 5.06. The number of aromatic amines is 1. The number of nitrogens with two attached hydrogens (primary N) is 1. The number of rotatable bonds is 7. The van der Waals surface area contributed by atoms with Gasteiger partial charge in [-0.2, -0.15) is 5.10 Å². The van der Waals surface area contributed by atoms with Crippen LogP contribution < -0.4 is 10.5 Å². The molecule has 0 aliphatic carbocycles. The Hall–Kier alpha value is -0.960. The summed E-state index contributed by atoms with van der Waals surface area (Å²) in [5.74, 6) is 0. The highest BCUT2D eigenvalue weighted by atomic mass is 32.2. The van der Waals surface area contributed by atoms with Gasteiger partial charge in [0.05, 0.1) is 6.61 Å². The van der Waals surface area contributed by atoms with Crippen LogP contribution in [0.25, 0.3) is 0 Å². The summed E-state index contributed by atoms with van der Waals surface area (Å²) in [5, 5.41) is 6.34. The van der Waals surface area contributed by atoms with Crippen molar-refractivity contribution < 1.29 is 13.2 Å². The highest BCUT2D eigenvalue weighted by Crippen LogP contribution is 2.14. The molecule has 4 N–H and O–H groups in total. The standard InChI is InChI=1S/C9H18N4O3S/c1-3-16-5-4-11-17(14,15)9-8(6-10)7(2)12-13-9/h11H,3-6,10H2,1-2H3,(H,12,13). The van der Waals surface area contributed by atoms with Crippen LogP contribution in [-0.4, -0.2) is 38.4 Å². The van der Waals surface area contributed by atoms with Crippen molar-refractivity contribution in [2.75, 3.05) is 19.8 Å². The predicted octanol–water partition coefficient (Wildman–Crippen LogP) is -0.508. The summed E-state index contributed by atoms with van der Waals surface area (Å²) in [5.41, 5.74) is 6.66. The minimum atomic E-state index is -3.62. The van der Waals surface area contributed by atoms with Crippen LogP contribution >= 0.6 is 0 Å². The molecule has 0 aromatic carbocycles. The molecule has 17 heavy (non-hydrogen) atoms.